The molecule has 0 saturated carbocycles. The van der Waals surface area contributed by atoms with Crippen molar-refractivity contribution < 1.29 is 9.52 Å². The van der Waals surface area contributed by atoms with E-state index in [9.17, 15) is 5.11 Å². The van der Waals surface area contributed by atoms with Gasteiger partial charge in [-0.05, 0) is 13.0 Å². The topological polar surface area (TPSA) is 33.4 Å². The largest absolute Gasteiger partial charge is 0.472 e. The fourth-order valence-electron chi connectivity index (χ4n) is 0.872. The Labute approximate surface area is 65.8 Å². The minimum atomic E-state index is -0.957. The number of furan rings is 1. The maximum absolute atomic E-state index is 9.67. The molecule has 0 fully saturated rings. The van der Waals surface area contributed by atoms with Crippen molar-refractivity contribution in [1.29, 1.82) is 0 Å². The highest BCUT2D eigenvalue weighted by Crippen LogP contribution is 2.23. The summed E-state index contributed by atoms with van der Waals surface area (Å²) >= 11 is 0. The van der Waals surface area contributed by atoms with Gasteiger partial charge >= 0.3 is 0 Å². The SMILES string of the molecule is C#CCC(C)(O)c1ccoc1. The first kappa shape index (κ1) is 7.90. The smallest absolute Gasteiger partial charge is 0.101 e. The maximum atomic E-state index is 9.67. The molecule has 0 amide bonds. The molecule has 0 aliphatic carbocycles. The van der Waals surface area contributed by atoms with Crippen LogP contribution in [0.3, 0.4) is 0 Å². The van der Waals surface area contributed by atoms with Crippen LogP contribution >= 0.6 is 0 Å². The molecule has 0 aromatic carbocycles. The van der Waals surface area contributed by atoms with E-state index in [0.29, 0.717) is 6.42 Å². The molecule has 2 nitrogen and oxygen atoms in total. The van der Waals surface area contributed by atoms with Gasteiger partial charge in [-0.3, -0.25) is 0 Å². The van der Waals surface area contributed by atoms with Crippen LogP contribution in [0.2, 0.25) is 0 Å². The zero-order valence-corrected chi connectivity index (χ0v) is 6.37. The van der Waals surface area contributed by atoms with Crippen molar-refractivity contribution in [2.45, 2.75) is 18.9 Å². The molecule has 1 N–H and O–H groups in total. The molecule has 0 bridgehead atoms. The molecular weight excluding hydrogens is 140 g/mol. The second kappa shape index (κ2) is 2.81. The maximum Gasteiger partial charge on any atom is 0.101 e. The molecule has 0 saturated heterocycles. The second-order valence-electron chi connectivity index (χ2n) is 2.67. The summed E-state index contributed by atoms with van der Waals surface area (Å²) in [5, 5.41) is 9.67. The average molecular weight is 150 g/mol. The monoisotopic (exact) mass is 150 g/mol. The first-order valence-corrected chi connectivity index (χ1v) is 3.35. The van der Waals surface area contributed by atoms with Gasteiger partial charge in [0, 0.05) is 12.0 Å². The Bertz CT molecular complexity index is 252. The van der Waals surface area contributed by atoms with E-state index < -0.39 is 5.60 Å². The summed E-state index contributed by atoms with van der Waals surface area (Å²) in [6, 6.07) is 1.71. The molecule has 1 unspecified atom stereocenters. The normalized spacial score (nSPS) is 15.4. The highest BCUT2D eigenvalue weighted by Gasteiger charge is 2.22. The number of hydrogen-bond donors (Lipinski definition) is 1. The van der Waals surface area contributed by atoms with Crippen LogP contribution in [-0.4, -0.2) is 5.11 Å². The van der Waals surface area contributed by atoms with E-state index in [-0.39, 0.29) is 0 Å². The van der Waals surface area contributed by atoms with E-state index in [1.807, 2.05) is 0 Å². The third-order valence-electron chi connectivity index (χ3n) is 1.59. The third-order valence-corrected chi connectivity index (χ3v) is 1.59. The van der Waals surface area contributed by atoms with Crippen molar-refractivity contribution in [2.24, 2.45) is 0 Å². The van der Waals surface area contributed by atoms with E-state index in [4.69, 9.17) is 10.8 Å². The fraction of sp³-hybridized carbons (Fsp3) is 0.333. The molecule has 11 heavy (non-hydrogen) atoms. The molecule has 1 heterocycles. The van der Waals surface area contributed by atoms with E-state index in [1.54, 1.807) is 13.0 Å². The molecule has 1 aromatic rings. The molecule has 1 aromatic heterocycles. The van der Waals surface area contributed by atoms with Crippen molar-refractivity contribution >= 4 is 0 Å². The van der Waals surface area contributed by atoms with Crippen LogP contribution in [0.5, 0.6) is 0 Å². The summed E-state index contributed by atoms with van der Waals surface area (Å²) in [5.41, 5.74) is -0.239. The van der Waals surface area contributed by atoms with Crippen LogP contribution in [0.25, 0.3) is 0 Å². The summed E-state index contributed by atoms with van der Waals surface area (Å²) in [7, 11) is 0. The quantitative estimate of drug-likeness (QED) is 0.648. The van der Waals surface area contributed by atoms with E-state index >= 15 is 0 Å². The minimum Gasteiger partial charge on any atom is -0.472 e. The van der Waals surface area contributed by atoms with Crippen LogP contribution in [0.4, 0.5) is 0 Å². The van der Waals surface area contributed by atoms with E-state index in [1.165, 1.54) is 12.5 Å². The van der Waals surface area contributed by atoms with Crippen LogP contribution < -0.4 is 0 Å². The lowest BCUT2D eigenvalue weighted by Crippen LogP contribution is -2.18. The van der Waals surface area contributed by atoms with Crippen LogP contribution in [-0.2, 0) is 5.60 Å². The van der Waals surface area contributed by atoms with Gasteiger partial charge in [0.2, 0.25) is 0 Å². The van der Waals surface area contributed by atoms with Gasteiger partial charge in [-0.2, -0.15) is 0 Å². The van der Waals surface area contributed by atoms with Gasteiger partial charge in [0.15, 0.2) is 0 Å². The molecule has 1 atom stereocenters. The Hall–Kier alpha value is -1.20. The Kier molecular flexibility index (Phi) is 2.02. The number of terminal acetylenes is 1. The molecule has 1 rings (SSSR count). The summed E-state index contributed by atoms with van der Waals surface area (Å²) in [4.78, 5) is 0. The predicted molar refractivity (Wildman–Crippen MR) is 41.7 cm³/mol. The Morgan fingerprint density at radius 1 is 1.82 bits per heavy atom. The van der Waals surface area contributed by atoms with Gasteiger partial charge in [0.1, 0.15) is 5.60 Å². The van der Waals surface area contributed by atoms with Gasteiger partial charge in [-0.25, -0.2) is 0 Å². The summed E-state index contributed by atoms with van der Waals surface area (Å²) < 4.78 is 4.82. The molecular formula is C9H10O2. The zero-order valence-electron chi connectivity index (χ0n) is 6.37. The number of aliphatic hydroxyl groups is 1. The third kappa shape index (κ3) is 1.63. The standard InChI is InChI=1S/C9H10O2/c1-3-5-9(2,10)8-4-6-11-7-8/h1,4,6-7,10H,5H2,2H3. The molecule has 0 aliphatic heterocycles. The van der Waals surface area contributed by atoms with Crippen molar-refractivity contribution in [3.63, 3.8) is 0 Å². The summed E-state index contributed by atoms with van der Waals surface area (Å²) in [6.07, 6.45) is 8.39. The lowest BCUT2D eigenvalue weighted by molar-refractivity contribution is 0.0623. The summed E-state index contributed by atoms with van der Waals surface area (Å²) in [6.45, 7) is 1.66. The Morgan fingerprint density at radius 3 is 3.00 bits per heavy atom. The van der Waals surface area contributed by atoms with Gasteiger partial charge < -0.3 is 9.52 Å². The number of rotatable bonds is 2. The Balaban J connectivity index is 2.83. The first-order chi connectivity index (χ1) is 5.17. The van der Waals surface area contributed by atoms with Gasteiger partial charge in [-0.1, -0.05) is 0 Å². The predicted octanol–water partition coefficient (Wildman–Crippen LogP) is 1.51. The first-order valence-electron chi connectivity index (χ1n) is 3.35. The van der Waals surface area contributed by atoms with Crippen molar-refractivity contribution in [3.05, 3.63) is 24.2 Å². The lowest BCUT2D eigenvalue weighted by atomic mass is 9.96. The zero-order chi connectivity index (χ0) is 8.32. The van der Waals surface area contributed by atoms with Crippen molar-refractivity contribution in [1.82, 2.24) is 0 Å². The fourth-order valence-corrected chi connectivity index (χ4v) is 0.872. The molecule has 2 heteroatoms. The van der Waals surface area contributed by atoms with E-state index in [2.05, 4.69) is 5.92 Å². The van der Waals surface area contributed by atoms with E-state index in [0.717, 1.165) is 5.56 Å². The van der Waals surface area contributed by atoms with Gasteiger partial charge in [-0.15, -0.1) is 12.3 Å². The minimum absolute atomic E-state index is 0.298. The van der Waals surface area contributed by atoms with Crippen molar-refractivity contribution in [2.75, 3.05) is 0 Å². The lowest BCUT2D eigenvalue weighted by Gasteiger charge is -2.17. The van der Waals surface area contributed by atoms with Crippen molar-refractivity contribution in [3.8, 4) is 12.3 Å². The highest BCUT2D eigenvalue weighted by molar-refractivity contribution is 5.17. The second-order valence-corrected chi connectivity index (χ2v) is 2.67. The average Bonchev–Trinajstić information content (AvgIpc) is 2.37. The molecule has 58 valence electrons. The van der Waals surface area contributed by atoms with Gasteiger partial charge in [0.25, 0.3) is 0 Å². The van der Waals surface area contributed by atoms with Crippen LogP contribution in [0.15, 0.2) is 23.0 Å². The van der Waals surface area contributed by atoms with Crippen LogP contribution in [0.1, 0.15) is 18.9 Å². The number of hydrogen-bond acceptors (Lipinski definition) is 2. The summed E-state index contributed by atoms with van der Waals surface area (Å²) in [5.74, 6) is 2.40. The highest BCUT2D eigenvalue weighted by atomic mass is 16.3. The Morgan fingerprint density at radius 2 is 2.55 bits per heavy atom. The van der Waals surface area contributed by atoms with Gasteiger partial charge in [0.05, 0.1) is 12.5 Å². The molecule has 0 radical (unpaired) electrons. The van der Waals surface area contributed by atoms with Crippen LogP contribution in [0, 0.1) is 12.3 Å². The molecule has 0 aliphatic rings. The molecule has 0 spiro atoms.